The van der Waals surface area contributed by atoms with Gasteiger partial charge < -0.3 is 4.74 Å². The lowest BCUT2D eigenvalue weighted by molar-refractivity contribution is -0.384. The molecular formula is C23H22N2O3. The van der Waals surface area contributed by atoms with Crippen molar-refractivity contribution in [2.75, 3.05) is 6.61 Å². The smallest absolute Gasteiger partial charge is 0.269 e. The average Bonchev–Trinajstić information content (AvgIpc) is 2.74. The molecule has 5 nitrogen and oxygen atoms in total. The summed E-state index contributed by atoms with van der Waals surface area (Å²) in [6, 6.07) is 18.4. The highest BCUT2D eigenvalue weighted by Crippen LogP contribution is 2.28. The van der Waals surface area contributed by atoms with Crippen LogP contribution in [-0.2, 0) is 0 Å². The molecule has 0 spiro atoms. The summed E-state index contributed by atoms with van der Waals surface area (Å²) >= 11 is 0. The molecule has 3 rings (SSSR count). The molecule has 0 atom stereocenters. The van der Waals surface area contributed by atoms with E-state index in [0.717, 1.165) is 47.5 Å². The molecule has 0 N–H and O–H groups in total. The summed E-state index contributed by atoms with van der Waals surface area (Å²) in [6.07, 6.45) is 7.67. The number of nitro groups is 1. The van der Waals surface area contributed by atoms with E-state index in [1.165, 1.54) is 12.1 Å². The Morgan fingerprint density at radius 1 is 1.00 bits per heavy atom. The summed E-state index contributed by atoms with van der Waals surface area (Å²) in [5.74, 6) is 0.853. The summed E-state index contributed by atoms with van der Waals surface area (Å²) < 4.78 is 5.72. The molecule has 5 heteroatoms. The molecule has 0 aliphatic rings. The zero-order valence-electron chi connectivity index (χ0n) is 15.7. The van der Waals surface area contributed by atoms with Crippen LogP contribution < -0.4 is 4.74 Å². The molecule has 28 heavy (non-hydrogen) atoms. The molecule has 1 aromatic heterocycles. The van der Waals surface area contributed by atoms with Crippen LogP contribution in [0.15, 0.2) is 73.1 Å². The normalized spacial score (nSPS) is 11.2. The van der Waals surface area contributed by atoms with Crippen LogP contribution in [0.25, 0.3) is 11.6 Å². The van der Waals surface area contributed by atoms with Crippen molar-refractivity contribution in [3.8, 4) is 5.75 Å². The number of benzene rings is 2. The lowest BCUT2D eigenvalue weighted by atomic mass is 9.96. The molecule has 0 aliphatic heterocycles. The van der Waals surface area contributed by atoms with Gasteiger partial charge in [-0.1, -0.05) is 25.5 Å². The van der Waals surface area contributed by atoms with E-state index in [9.17, 15) is 10.1 Å². The van der Waals surface area contributed by atoms with Crippen LogP contribution >= 0.6 is 0 Å². The third kappa shape index (κ3) is 5.04. The van der Waals surface area contributed by atoms with E-state index in [-0.39, 0.29) is 5.69 Å². The molecule has 142 valence electrons. The third-order valence-electron chi connectivity index (χ3n) is 4.34. The molecule has 0 unspecified atom stereocenters. The maximum atomic E-state index is 10.9. The Morgan fingerprint density at radius 3 is 2.25 bits per heavy atom. The van der Waals surface area contributed by atoms with E-state index in [1.807, 2.05) is 36.4 Å². The second-order valence-electron chi connectivity index (χ2n) is 6.37. The van der Waals surface area contributed by atoms with E-state index >= 15 is 0 Å². The lowest BCUT2D eigenvalue weighted by Gasteiger charge is -2.10. The number of aromatic nitrogens is 1. The summed E-state index contributed by atoms with van der Waals surface area (Å²) in [6.45, 7) is 2.85. The molecule has 3 aromatic rings. The van der Waals surface area contributed by atoms with E-state index in [2.05, 4.69) is 18.0 Å². The molecule has 0 aliphatic carbocycles. The Labute approximate surface area is 164 Å². The van der Waals surface area contributed by atoms with Gasteiger partial charge in [-0.25, -0.2) is 0 Å². The Hall–Kier alpha value is -3.47. The largest absolute Gasteiger partial charge is 0.494 e. The molecule has 2 aromatic carbocycles. The quantitative estimate of drug-likeness (QED) is 0.218. The van der Waals surface area contributed by atoms with Crippen LogP contribution in [0.4, 0.5) is 5.69 Å². The van der Waals surface area contributed by atoms with Gasteiger partial charge in [-0.05, 0) is 71.2 Å². The average molecular weight is 374 g/mol. The molecule has 1 heterocycles. The number of hydrogen-bond donors (Lipinski definition) is 0. The second-order valence-corrected chi connectivity index (χ2v) is 6.37. The van der Waals surface area contributed by atoms with Crippen LogP contribution in [0.1, 0.15) is 36.5 Å². The predicted molar refractivity (Wildman–Crippen MR) is 111 cm³/mol. The van der Waals surface area contributed by atoms with E-state index < -0.39 is 4.92 Å². The fourth-order valence-electron chi connectivity index (χ4n) is 2.79. The van der Waals surface area contributed by atoms with Gasteiger partial charge in [0.25, 0.3) is 5.69 Å². The van der Waals surface area contributed by atoms with Crippen molar-refractivity contribution in [3.63, 3.8) is 0 Å². The molecular weight excluding hydrogens is 352 g/mol. The van der Waals surface area contributed by atoms with Crippen molar-refractivity contribution in [1.29, 1.82) is 0 Å². The molecule has 0 radical (unpaired) electrons. The lowest BCUT2D eigenvalue weighted by Crippen LogP contribution is -1.96. The third-order valence-corrected chi connectivity index (χ3v) is 4.34. The highest BCUT2D eigenvalue weighted by Gasteiger charge is 2.09. The molecule has 0 bridgehead atoms. The van der Waals surface area contributed by atoms with Gasteiger partial charge in [0.2, 0.25) is 0 Å². The van der Waals surface area contributed by atoms with Crippen LogP contribution in [0, 0.1) is 10.1 Å². The van der Waals surface area contributed by atoms with Crippen molar-refractivity contribution in [2.24, 2.45) is 0 Å². The highest BCUT2D eigenvalue weighted by molar-refractivity contribution is 5.91. The number of ether oxygens (including phenoxy) is 1. The summed E-state index contributed by atoms with van der Waals surface area (Å²) in [7, 11) is 0. The van der Waals surface area contributed by atoms with Crippen molar-refractivity contribution >= 4 is 17.3 Å². The monoisotopic (exact) mass is 374 g/mol. The number of nitro benzene ring substituents is 1. The molecule has 0 saturated heterocycles. The van der Waals surface area contributed by atoms with Gasteiger partial charge in [0.05, 0.1) is 11.5 Å². The van der Waals surface area contributed by atoms with Crippen molar-refractivity contribution in [2.45, 2.75) is 19.8 Å². The minimum Gasteiger partial charge on any atom is -0.494 e. The zero-order valence-corrected chi connectivity index (χ0v) is 15.7. The van der Waals surface area contributed by atoms with E-state index in [1.54, 1.807) is 24.5 Å². The van der Waals surface area contributed by atoms with Crippen LogP contribution in [0.5, 0.6) is 5.75 Å². The van der Waals surface area contributed by atoms with Gasteiger partial charge >= 0.3 is 0 Å². The first-order chi connectivity index (χ1) is 13.7. The highest BCUT2D eigenvalue weighted by atomic mass is 16.6. The Balaban J connectivity index is 1.92. The Kier molecular flexibility index (Phi) is 6.52. The number of hydrogen-bond acceptors (Lipinski definition) is 4. The van der Waals surface area contributed by atoms with Crippen LogP contribution in [-0.4, -0.2) is 16.5 Å². The molecule has 0 amide bonds. The Bertz CT molecular complexity index is 934. The van der Waals surface area contributed by atoms with E-state index in [0.29, 0.717) is 0 Å². The van der Waals surface area contributed by atoms with Crippen LogP contribution in [0.2, 0.25) is 0 Å². The molecule has 0 fully saturated rings. The number of unbranched alkanes of at least 4 members (excludes halogenated alkanes) is 1. The summed E-state index contributed by atoms with van der Waals surface area (Å²) in [5.41, 5.74) is 3.96. The van der Waals surface area contributed by atoms with Gasteiger partial charge in [0.1, 0.15) is 5.75 Å². The fraction of sp³-hybridized carbons (Fsp3) is 0.174. The van der Waals surface area contributed by atoms with E-state index in [4.69, 9.17) is 4.74 Å². The van der Waals surface area contributed by atoms with Gasteiger partial charge in [-0.2, -0.15) is 0 Å². The van der Waals surface area contributed by atoms with Gasteiger partial charge in [0.15, 0.2) is 0 Å². The van der Waals surface area contributed by atoms with Crippen LogP contribution in [0.3, 0.4) is 0 Å². The number of nitrogens with zero attached hydrogens (tertiary/aromatic N) is 2. The first-order valence-electron chi connectivity index (χ1n) is 9.27. The Morgan fingerprint density at radius 2 is 1.64 bits per heavy atom. The minimum absolute atomic E-state index is 0.0754. The number of pyridine rings is 1. The minimum atomic E-state index is -0.392. The van der Waals surface area contributed by atoms with Crippen molar-refractivity contribution in [3.05, 3.63) is 99.9 Å². The molecule has 0 saturated carbocycles. The topological polar surface area (TPSA) is 65.3 Å². The first-order valence-corrected chi connectivity index (χ1v) is 9.27. The van der Waals surface area contributed by atoms with Gasteiger partial charge in [0, 0.05) is 24.5 Å². The van der Waals surface area contributed by atoms with Gasteiger partial charge in [-0.3, -0.25) is 15.1 Å². The standard InChI is InChI=1S/C23H22N2O3/c1-2-3-16-28-22-10-4-18(5-11-22)17-23(20-12-14-24-15-13-20)19-6-8-21(9-7-19)25(26)27/h4-15,17H,2-3,16H2,1H3. The maximum absolute atomic E-state index is 10.9. The summed E-state index contributed by atoms with van der Waals surface area (Å²) in [5, 5.41) is 10.9. The zero-order chi connectivity index (χ0) is 19.8. The second kappa shape index (κ2) is 9.46. The van der Waals surface area contributed by atoms with Gasteiger partial charge in [-0.15, -0.1) is 0 Å². The van der Waals surface area contributed by atoms with Crippen molar-refractivity contribution < 1.29 is 9.66 Å². The SMILES string of the molecule is CCCCOc1ccc(C=C(c2ccncc2)c2ccc([N+](=O)[O-])cc2)cc1. The first kappa shape index (κ1) is 19.3. The van der Waals surface area contributed by atoms with Crippen molar-refractivity contribution in [1.82, 2.24) is 4.98 Å². The number of non-ortho nitro benzene ring substituents is 1. The fourth-order valence-corrected chi connectivity index (χ4v) is 2.79. The summed E-state index contributed by atoms with van der Waals surface area (Å²) in [4.78, 5) is 14.6. The predicted octanol–water partition coefficient (Wildman–Crippen LogP) is 5.76. The number of rotatable bonds is 8. The maximum Gasteiger partial charge on any atom is 0.269 e.